The fourth-order valence-electron chi connectivity index (χ4n) is 4.94. The Morgan fingerprint density at radius 3 is 2.08 bits per heavy atom. The van der Waals surface area contributed by atoms with Crippen molar-refractivity contribution < 1.29 is 24.5 Å². The van der Waals surface area contributed by atoms with Crippen molar-refractivity contribution in [1.29, 1.82) is 0 Å². The average Bonchev–Trinajstić information content (AvgIpc) is 2.87. The number of aliphatic hydroxyl groups excluding tert-OH is 1. The molecule has 2 atom stereocenters. The van der Waals surface area contributed by atoms with Gasteiger partial charge in [0.15, 0.2) is 0 Å². The Kier molecular flexibility index (Phi) is 10.3. The van der Waals surface area contributed by atoms with Crippen molar-refractivity contribution in [2.24, 2.45) is 0 Å². The topological polar surface area (TPSA) is 102 Å². The number of carbonyl (C=O) groups is 2. The van der Waals surface area contributed by atoms with Crippen LogP contribution < -0.4 is 5.32 Å². The molecule has 202 valence electrons. The molecular weight excluding hydrogens is 470 g/mol. The van der Waals surface area contributed by atoms with Gasteiger partial charge in [0.25, 0.3) is 0 Å². The maximum atomic E-state index is 12.7. The number of nitrogens with zero attached hydrogens (tertiary/aromatic N) is 2. The number of ether oxygens (including phenoxy) is 1. The molecule has 37 heavy (non-hydrogen) atoms. The summed E-state index contributed by atoms with van der Waals surface area (Å²) in [6, 6.07) is 18.3. The Hall–Kier alpha value is -3.10. The minimum atomic E-state index is -1.06. The van der Waals surface area contributed by atoms with E-state index < -0.39 is 29.9 Å². The molecule has 0 unspecified atom stereocenters. The average molecular weight is 512 g/mol. The largest absolute Gasteiger partial charge is 0.464 e. The van der Waals surface area contributed by atoms with Crippen molar-refractivity contribution in [3.8, 4) is 0 Å². The molecule has 8 nitrogen and oxygen atoms in total. The number of hydrogen-bond acceptors (Lipinski definition) is 5. The highest BCUT2D eigenvalue weighted by atomic mass is 16.5. The lowest BCUT2D eigenvalue weighted by atomic mass is 9.93. The number of hydrogen-bond donors (Lipinski definition) is 3. The van der Waals surface area contributed by atoms with Gasteiger partial charge in [-0.25, -0.2) is 19.6 Å². The monoisotopic (exact) mass is 511 g/mol. The molecular formula is C29H41N3O5. The number of nitrogens with one attached hydrogen (secondary N) is 1. The second-order valence-electron chi connectivity index (χ2n) is 10.7. The molecule has 0 spiro atoms. The van der Waals surface area contributed by atoms with Gasteiger partial charge in [-0.15, -0.1) is 0 Å². The molecule has 0 aliphatic heterocycles. The normalized spacial score (nSPS) is 16.1. The van der Waals surface area contributed by atoms with Crippen molar-refractivity contribution in [3.05, 3.63) is 71.8 Å². The minimum absolute atomic E-state index is 0.00105. The van der Waals surface area contributed by atoms with Crippen molar-refractivity contribution in [2.45, 2.75) is 89.6 Å². The first-order valence-electron chi connectivity index (χ1n) is 13.1. The molecule has 1 aliphatic carbocycles. The summed E-state index contributed by atoms with van der Waals surface area (Å²) >= 11 is 0. The van der Waals surface area contributed by atoms with E-state index in [9.17, 15) is 19.8 Å². The molecule has 0 radical (unpaired) electrons. The van der Waals surface area contributed by atoms with Gasteiger partial charge in [0.2, 0.25) is 0 Å². The zero-order valence-electron chi connectivity index (χ0n) is 22.2. The Morgan fingerprint density at radius 1 is 0.973 bits per heavy atom. The number of rotatable bonds is 10. The van der Waals surface area contributed by atoms with Crippen LogP contribution in [0.25, 0.3) is 0 Å². The Labute approximate surface area is 220 Å². The van der Waals surface area contributed by atoms with Gasteiger partial charge in [0.1, 0.15) is 6.61 Å². The molecule has 1 fully saturated rings. The summed E-state index contributed by atoms with van der Waals surface area (Å²) in [6.07, 6.45) is 2.56. The fraction of sp³-hybridized carbons (Fsp3) is 0.517. The van der Waals surface area contributed by atoms with E-state index in [4.69, 9.17) is 4.74 Å². The molecule has 0 saturated heterocycles. The van der Waals surface area contributed by atoms with Gasteiger partial charge in [-0.2, -0.15) is 0 Å². The molecule has 1 aliphatic rings. The Morgan fingerprint density at radius 2 is 1.54 bits per heavy atom. The van der Waals surface area contributed by atoms with Gasteiger partial charge < -0.3 is 20.3 Å². The lowest BCUT2D eigenvalue weighted by Gasteiger charge is -2.47. The van der Waals surface area contributed by atoms with Crippen LogP contribution in [0, 0.1) is 0 Å². The van der Waals surface area contributed by atoms with Gasteiger partial charge in [0.05, 0.1) is 17.7 Å². The van der Waals surface area contributed by atoms with Crippen LogP contribution in [0.3, 0.4) is 0 Å². The summed E-state index contributed by atoms with van der Waals surface area (Å²) in [5.41, 5.74) is 1.12. The number of carboxylic acid groups (broad SMARTS) is 1. The van der Waals surface area contributed by atoms with E-state index in [0.29, 0.717) is 6.42 Å². The molecule has 0 bridgehead atoms. The van der Waals surface area contributed by atoms with E-state index in [0.717, 1.165) is 43.2 Å². The van der Waals surface area contributed by atoms with E-state index in [-0.39, 0.29) is 19.2 Å². The van der Waals surface area contributed by atoms with Gasteiger partial charge in [0, 0.05) is 12.6 Å². The second-order valence-corrected chi connectivity index (χ2v) is 10.7. The van der Waals surface area contributed by atoms with Crippen LogP contribution in [0.4, 0.5) is 9.59 Å². The molecule has 2 amide bonds. The lowest BCUT2D eigenvalue weighted by molar-refractivity contribution is -0.119. The van der Waals surface area contributed by atoms with Crippen LogP contribution in [0.5, 0.6) is 0 Å². The van der Waals surface area contributed by atoms with Gasteiger partial charge in [-0.1, -0.05) is 79.9 Å². The molecule has 1 saturated carbocycles. The summed E-state index contributed by atoms with van der Waals surface area (Å²) in [6.45, 7) is 5.74. The first-order chi connectivity index (χ1) is 17.6. The van der Waals surface area contributed by atoms with Crippen LogP contribution in [0.2, 0.25) is 0 Å². The third-order valence-electron chi connectivity index (χ3n) is 6.72. The maximum Gasteiger partial charge on any atom is 0.422 e. The van der Waals surface area contributed by atoms with Crippen molar-refractivity contribution in [2.75, 3.05) is 6.54 Å². The lowest BCUT2D eigenvalue weighted by Crippen LogP contribution is -2.62. The van der Waals surface area contributed by atoms with Crippen LogP contribution in [0.1, 0.15) is 64.0 Å². The van der Waals surface area contributed by atoms with E-state index in [1.165, 1.54) is 5.01 Å². The standard InChI is InChI=1S/C29H41N3O5/c1-29(2,3)32(28(35)36)31(24-17-11-6-12-18-24)20-26(33)25(19-22-13-7-4-8-14-22)30-27(34)37-21-23-15-9-5-10-16-23/h4-5,7-10,13-16,24-26,33H,6,11-12,17-21H2,1-3H3,(H,30,34)(H,35,36)/t25-,26-/m0/s1. The molecule has 0 heterocycles. The van der Waals surface area contributed by atoms with Crippen molar-refractivity contribution in [3.63, 3.8) is 0 Å². The summed E-state index contributed by atoms with van der Waals surface area (Å²) in [5, 5.41) is 27.6. The number of carbonyl (C=O) groups excluding carboxylic acids is 1. The summed E-state index contributed by atoms with van der Waals surface area (Å²) in [7, 11) is 0. The number of aliphatic hydroxyl groups is 1. The molecule has 2 aromatic carbocycles. The predicted octanol–water partition coefficient (Wildman–Crippen LogP) is 5.21. The molecule has 2 aromatic rings. The Bertz CT molecular complexity index is 974. The number of benzene rings is 2. The molecule has 8 heteroatoms. The van der Waals surface area contributed by atoms with E-state index in [1.54, 1.807) is 5.01 Å². The molecule has 3 N–H and O–H groups in total. The first-order valence-corrected chi connectivity index (χ1v) is 13.1. The summed E-state index contributed by atoms with van der Waals surface area (Å²) in [5.74, 6) is 0. The number of alkyl carbamates (subject to hydrolysis) is 1. The first kappa shape index (κ1) is 28.5. The van der Waals surface area contributed by atoms with Gasteiger partial charge in [-0.3, -0.25) is 0 Å². The smallest absolute Gasteiger partial charge is 0.422 e. The number of amides is 2. The van der Waals surface area contributed by atoms with Crippen LogP contribution in [0.15, 0.2) is 60.7 Å². The van der Waals surface area contributed by atoms with Crippen LogP contribution >= 0.6 is 0 Å². The molecule has 3 rings (SSSR count). The summed E-state index contributed by atoms with van der Waals surface area (Å²) in [4.78, 5) is 25.1. The SMILES string of the molecule is CC(C)(C)N(C(=O)O)N(C[C@H](O)[C@H](Cc1ccccc1)NC(=O)OCc1ccccc1)C1CCCCC1. The molecule has 0 aromatic heterocycles. The highest BCUT2D eigenvalue weighted by molar-refractivity contribution is 5.68. The fourth-order valence-corrected chi connectivity index (χ4v) is 4.94. The third kappa shape index (κ3) is 8.76. The maximum absolute atomic E-state index is 12.7. The van der Waals surface area contributed by atoms with Crippen LogP contribution in [-0.4, -0.2) is 62.7 Å². The van der Waals surface area contributed by atoms with Crippen LogP contribution in [-0.2, 0) is 17.8 Å². The zero-order chi connectivity index (χ0) is 26.8. The van der Waals surface area contributed by atoms with E-state index >= 15 is 0 Å². The highest BCUT2D eigenvalue weighted by Gasteiger charge is 2.38. The Balaban J connectivity index is 1.79. The summed E-state index contributed by atoms with van der Waals surface area (Å²) < 4.78 is 5.43. The van der Waals surface area contributed by atoms with E-state index in [2.05, 4.69) is 5.32 Å². The van der Waals surface area contributed by atoms with E-state index in [1.807, 2.05) is 81.4 Å². The third-order valence-corrected chi connectivity index (χ3v) is 6.72. The van der Waals surface area contributed by atoms with Crippen molar-refractivity contribution >= 4 is 12.2 Å². The number of hydrazine groups is 1. The van der Waals surface area contributed by atoms with Gasteiger partial charge in [-0.05, 0) is 51.2 Å². The zero-order valence-corrected chi connectivity index (χ0v) is 22.2. The van der Waals surface area contributed by atoms with Crippen molar-refractivity contribution in [1.82, 2.24) is 15.3 Å². The second kappa shape index (κ2) is 13.4. The quantitative estimate of drug-likeness (QED) is 0.378. The minimum Gasteiger partial charge on any atom is -0.464 e. The predicted molar refractivity (Wildman–Crippen MR) is 143 cm³/mol. The highest BCUT2D eigenvalue weighted by Crippen LogP contribution is 2.28. The van der Waals surface area contributed by atoms with Gasteiger partial charge >= 0.3 is 12.2 Å².